The van der Waals surface area contributed by atoms with Crippen LogP contribution in [0.5, 0.6) is 0 Å². The van der Waals surface area contributed by atoms with Crippen molar-refractivity contribution in [3.05, 3.63) is 51.1 Å². The average molecular weight is 275 g/mol. The zero-order valence-corrected chi connectivity index (χ0v) is 12.6. The molecule has 0 radical (unpaired) electrons. The molecule has 2 heterocycles. The first-order valence-electron chi connectivity index (χ1n) is 6.77. The zero-order valence-electron chi connectivity index (χ0n) is 12.6. The number of nitrogens with one attached hydrogen (secondary N) is 2. The lowest BCUT2D eigenvalue weighted by molar-refractivity contribution is 0.457. The predicted octanol–water partition coefficient (Wildman–Crippen LogP) is 2.70. The van der Waals surface area contributed by atoms with E-state index in [0.29, 0.717) is 5.82 Å². The first-order chi connectivity index (χ1) is 9.36. The number of furan rings is 1. The number of aromatic amines is 1. The number of H-pyrrole nitrogens is 1. The van der Waals surface area contributed by atoms with Gasteiger partial charge in [-0.15, -0.1) is 0 Å². The van der Waals surface area contributed by atoms with Crippen LogP contribution in [0.3, 0.4) is 0 Å². The summed E-state index contributed by atoms with van der Waals surface area (Å²) in [7, 11) is 0. The van der Waals surface area contributed by atoms with Gasteiger partial charge in [-0.3, -0.25) is 4.79 Å². The third-order valence-electron chi connectivity index (χ3n) is 3.34. The van der Waals surface area contributed by atoms with Gasteiger partial charge in [0.05, 0.1) is 6.04 Å². The fourth-order valence-corrected chi connectivity index (χ4v) is 2.43. The molecular weight excluding hydrogens is 254 g/mol. The van der Waals surface area contributed by atoms with Crippen LogP contribution in [-0.2, 0) is 0 Å². The van der Waals surface area contributed by atoms with Crippen molar-refractivity contribution in [1.29, 1.82) is 0 Å². The standard InChI is InChI=1S/C15H21N3O2/c1-8-6-14(19)18-15(16-8)11(4)17-10(3)13-7-9(2)20-12(13)5/h6-7,10-11,17H,1-5H3,(H,16,18,19)/t10-,11+/m0/s1. The molecule has 2 aromatic heterocycles. The van der Waals surface area contributed by atoms with Crippen molar-refractivity contribution in [1.82, 2.24) is 15.3 Å². The maximum atomic E-state index is 11.5. The molecule has 5 heteroatoms. The molecule has 0 fully saturated rings. The molecule has 0 saturated heterocycles. The van der Waals surface area contributed by atoms with E-state index >= 15 is 0 Å². The maximum absolute atomic E-state index is 11.5. The third kappa shape index (κ3) is 3.17. The number of rotatable bonds is 4. The van der Waals surface area contributed by atoms with Crippen molar-refractivity contribution in [2.75, 3.05) is 0 Å². The highest BCUT2D eigenvalue weighted by molar-refractivity contribution is 5.23. The van der Waals surface area contributed by atoms with Crippen molar-refractivity contribution in [2.45, 2.75) is 46.7 Å². The van der Waals surface area contributed by atoms with Gasteiger partial charge in [-0.25, -0.2) is 4.98 Å². The van der Waals surface area contributed by atoms with E-state index < -0.39 is 0 Å². The van der Waals surface area contributed by atoms with Crippen molar-refractivity contribution in [3.8, 4) is 0 Å². The Hall–Kier alpha value is -1.88. The number of aromatic nitrogens is 2. The van der Waals surface area contributed by atoms with Gasteiger partial charge in [-0.2, -0.15) is 0 Å². The van der Waals surface area contributed by atoms with Crippen LogP contribution in [0.15, 0.2) is 21.3 Å². The number of nitrogens with zero attached hydrogens (tertiary/aromatic N) is 1. The van der Waals surface area contributed by atoms with Gasteiger partial charge in [-0.1, -0.05) is 0 Å². The molecule has 0 unspecified atom stereocenters. The molecule has 0 amide bonds. The van der Waals surface area contributed by atoms with Crippen LogP contribution in [0.25, 0.3) is 0 Å². The van der Waals surface area contributed by atoms with Crippen molar-refractivity contribution < 1.29 is 4.42 Å². The van der Waals surface area contributed by atoms with Gasteiger partial charge >= 0.3 is 0 Å². The maximum Gasteiger partial charge on any atom is 0.251 e. The van der Waals surface area contributed by atoms with Crippen LogP contribution in [0.1, 0.15) is 54.5 Å². The average Bonchev–Trinajstić information content (AvgIpc) is 2.67. The second kappa shape index (κ2) is 5.63. The summed E-state index contributed by atoms with van der Waals surface area (Å²) in [6, 6.07) is 3.59. The van der Waals surface area contributed by atoms with E-state index in [1.807, 2.05) is 33.8 Å². The fourth-order valence-electron chi connectivity index (χ4n) is 2.43. The Morgan fingerprint density at radius 3 is 2.45 bits per heavy atom. The van der Waals surface area contributed by atoms with Crippen LogP contribution < -0.4 is 10.9 Å². The Bertz CT molecular complexity index is 657. The summed E-state index contributed by atoms with van der Waals surface area (Å²) < 4.78 is 5.55. The fraction of sp³-hybridized carbons (Fsp3) is 0.467. The highest BCUT2D eigenvalue weighted by atomic mass is 16.3. The summed E-state index contributed by atoms with van der Waals surface area (Å²) in [5, 5.41) is 3.43. The van der Waals surface area contributed by atoms with Gasteiger partial charge in [0.2, 0.25) is 0 Å². The molecule has 0 aliphatic rings. The largest absolute Gasteiger partial charge is 0.466 e. The summed E-state index contributed by atoms with van der Waals surface area (Å²) in [6.45, 7) is 9.76. The van der Waals surface area contributed by atoms with Crippen LogP contribution in [0, 0.1) is 20.8 Å². The lowest BCUT2D eigenvalue weighted by atomic mass is 10.1. The summed E-state index contributed by atoms with van der Waals surface area (Å²) in [5.41, 5.74) is 1.73. The van der Waals surface area contributed by atoms with Gasteiger partial charge in [0.25, 0.3) is 5.56 Å². The molecule has 0 spiro atoms. The third-order valence-corrected chi connectivity index (χ3v) is 3.34. The van der Waals surface area contributed by atoms with Gasteiger partial charge in [0.15, 0.2) is 0 Å². The Morgan fingerprint density at radius 1 is 1.20 bits per heavy atom. The molecule has 20 heavy (non-hydrogen) atoms. The molecule has 2 N–H and O–H groups in total. The quantitative estimate of drug-likeness (QED) is 0.900. The molecule has 108 valence electrons. The normalized spacial score (nSPS) is 14.2. The van der Waals surface area contributed by atoms with Crippen LogP contribution in [-0.4, -0.2) is 9.97 Å². The van der Waals surface area contributed by atoms with Crippen molar-refractivity contribution >= 4 is 0 Å². The molecule has 2 rings (SSSR count). The highest BCUT2D eigenvalue weighted by Gasteiger charge is 2.17. The smallest absolute Gasteiger partial charge is 0.251 e. The highest BCUT2D eigenvalue weighted by Crippen LogP contribution is 2.23. The lowest BCUT2D eigenvalue weighted by Crippen LogP contribution is -2.26. The number of aryl methyl sites for hydroxylation is 3. The predicted molar refractivity (Wildman–Crippen MR) is 77.7 cm³/mol. The zero-order chi connectivity index (χ0) is 14.9. The second-order valence-corrected chi connectivity index (χ2v) is 5.25. The topological polar surface area (TPSA) is 70.9 Å². The van der Waals surface area contributed by atoms with E-state index in [0.717, 1.165) is 22.8 Å². The molecule has 2 atom stereocenters. The van der Waals surface area contributed by atoms with E-state index in [9.17, 15) is 4.79 Å². The number of hydrogen-bond acceptors (Lipinski definition) is 4. The van der Waals surface area contributed by atoms with Crippen molar-refractivity contribution in [3.63, 3.8) is 0 Å². The van der Waals surface area contributed by atoms with E-state index in [-0.39, 0.29) is 17.6 Å². The Labute approximate surface area is 118 Å². The molecule has 2 aromatic rings. The summed E-state index contributed by atoms with van der Waals surface area (Å²) in [6.07, 6.45) is 0. The summed E-state index contributed by atoms with van der Waals surface area (Å²) in [4.78, 5) is 18.6. The Morgan fingerprint density at radius 2 is 1.90 bits per heavy atom. The number of hydrogen-bond donors (Lipinski definition) is 2. The minimum atomic E-state index is -0.121. The summed E-state index contributed by atoms with van der Waals surface area (Å²) in [5.74, 6) is 2.47. The Kier molecular flexibility index (Phi) is 4.09. The SMILES string of the molecule is Cc1cc(=O)[nH]c([C@@H](C)N[C@@H](C)c2cc(C)oc2C)n1. The van der Waals surface area contributed by atoms with Crippen molar-refractivity contribution in [2.24, 2.45) is 0 Å². The molecule has 0 aromatic carbocycles. The van der Waals surface area contributed by atoms with E-state index in [2.05, 4.69) is 22.2 Å². The monoisotopic (exact) mass is 275 g/mol. The van der Waals surface area contributed by atoms with E-state index in [1.165, 1.54) is 6.07 Å². The molecule has 5 nitrogen and oxygen atoms in total. The van der Waals surface area contributed by atoms with E-state index in [1.54, 1.807) is 0 Å². The molecule has 0 bridgehead atoms. The minimum absolute atomic E-state index is 0.0489. The second-order valence-electron chi connectivity index (χ2n) is 5.25. The minimum Gasteiger partial charge on any atom is -0.466 e. The molecule has 0 aliphatic carbocycles. The van der Waals surface area contributed by atoms with Gasteiger partial charge < -0.3 is 14.7 Å². The Balaban J connectivity index is 2.16. The van der Waals surface area contributed by atoms with Crippen LogP contribution >= 0.6 is 0 Å². The summed E-state index contributed by atoms with van der Waals surface area (Å²) >= 11 is 0. The van der Waals surface area contributed by atoms with Gasteiger partial charge in [0.1, 0.15) is 17.3 Å². The molecular formula is C15H21N3O2. The van der Waals surface area contributed by atoms with Crippen LogP contribution in [0.2, 0.25) is 0 Å². The van der Waals surface area contributed by atoms with E-state index in [4.69, 9.17) is 4.42 Å². The van der Waals surface area contributed by atoms with Gasteiger partial charge in [-0.05, 0) is 40.7 Å². The van der Waals surface area contributed by atoms with Crippen LogP contribution in [0.4, 0.5) is 0 Å². The molecule has 0 aliphatic heterocycles. The molecule has 0 saturated carbocycles. The lowest BCUT2D eigenvalue weighted by Gasteiger charge is -2.19. The first-order valence-corrected chi connectivity index (χ1v) is 6.77. The van der Waals surface area contributed by atoms with Gasteiger partial charge in [0, 0.05) is 23.4 Å². The first kappa shape index (κ1) is 14.5.